The SMILES string of the molecule is Cc1cc(CB(O)O)ccc1Cl. The van der Waals surface area contributed by atoms with E-state index in [4.69, 9.17) is 21.6 Å². The van der Waals surface area contributed by atoms with Crippen LogP contribution in [0.3, 0.4) is 0 Å². The van der Waals surface area contributed by atoms with Gasteiger partial charge in [0.25, 0.3) is 0 Å². The van der Waals surface area contributed by atoms with E-state index >= 15 is 0 Å². The third-order valence-electron chi connectivity index (χ3n) is 1.64. The number of hydrogen-bond donors (Lipinski definition) is 2. The minimum absolute atomic E-state index is 0.248. The molecule has 0 fully saturated rings. The van der Waals surface area contributed by atoms with Gasteiger partial charge in [0.1, 0.15) is 0 Å². The van der Waals surface area contributed by atoms with E-state index in [9.17, 15) is 0 Å². The summed E-state index contributed by atoms with van der Waals surface area (Å²) in [6.45, 7) is 1.88. The second-order valence-corrected chi connectivity index (χ2v) is 3.18. The Kier molecular flexibility index (Phi) is 3.15. The molecule has 0 aliphatic rings. The van der Waals surface area contributed by atoms with Gasteiger partial charge in [-0.25, -0.2) is 0 Å². The normalized spacial score (nSPS) is 10.0. The Labute approximate surface area is 76.9 Å². The lowest BCUT2D eigenvalue weighted by molar-refractivity contribution is 0.405. The average molecular weight is 184 g/mol. The van der Waals surface area contributed by atoms with Gasteiger partial charge in [-0.2, -0.15) is 0 Å². The van der Waals surface area contributed by atoms with Crippen molar-refractivity contribution in [2.45, 2.75) is 13.2 Å². The molecule has 0 aliphatic carbocycles. The molecule has 0 atom stereocenters. The highest BCUT2D eigenvalue weighted by Crippen LogP contribution is 2.16. The second kappa shape index (κ2) is 3.94. The Hall–Kier alpha value is -0.505. The summed E-state index contributed by atoms with van der Waals surface area (Å²) in [5, 5.41) is 18.1. The molecule has 0 heterocycles. The fourth-order valence-corrected chi connectivity index (χ4v) is 1.16. The van der Waals surface area contributed by atoms with E-state index in [-0.39, 0.29) is 6.32 Å². The molecule has 1 aromatic carbocycles. The maximum absolute atomic E-state index is 8.69. The fraction of sp³-hybridized carbons (Fsp3) is 0.250. The van der Waals surface area contributed by atoms with E-state index in [0.29, 0.717) is 5.02 Å². The van der Waals surface area contributed by atoms with Crippen LogP contribution in [0, 0.1) is 6.92 Å². The summed E-state index contributed by atoms with van der Waals surface area (Å²) in [5.74, 6) is 0. The largest absolute Gasteiger partial charge is 0.456 e. The van der Waals surface area contributed by atoms with Crippen LogP contribution in [0.15, 0.2) is 18.2 Å². The van der Waals surface area contributed by atoms with Gasteiger partial charge in [0.2, 0.25) is 0 Å². The summed E-state index contributed by atoms with van der Waals surface area (Å²) in [6.07, 6.45) is 0.248. The fourth-order valence-electron chi connectivity index (χ4n) is 1.04. The number of hydrogen-bond acceptors (Lipinski definition) is 2. The van der Waals surface area contributed by atoms with Crippen molar-refractivity contribution in [1.29, 1.82) is 0 Å². The predicted molar refractivity (Wildman–Crippen MR) is 50.1 cm³/mol. The highest BCUT2D eigenvalue weighted by atomic mass is 35.5. The van der Waals surface area contributed by atoms with E-state index in [0.717, 1.165) is 11.1 Å². The lowest BCUT2D eigenvalue weighted by Gasteiger charge is -2.02. The van der Waals surface area contributed by atoms with Crippen molar-refractivity contribution >= 4 is 18.7 Å². The summed E-state index contributed by atoms with van der Waals surface area (Å²) < 4.78 is 0. The zero-order chi connectivity index (χ0) is 9.14. The highest BCUT2D eigenvalue weighted by molar-refractivity contribution is 6.40. The lowest BCUT2D eigenvalue weighted by atomic mass is 9.82. The van der Waals surface area contributed by atoms with Crippen molar-refractivity contribution in [3.05, 3.63) is 34.3 Å². The second-order valence-electron chi connectivity index (χ2n) is 2.77. The van der Waals surface area contributed by atoms with Crippen molar-refractivity contribution in [3.8, 4) is 0 Å². The molecule has 0 amide bonds. The standard InChI is InChI=1S/C8H10BClO2/c1-6-4-7(5-9(11)12)2-3-8(6)10/h2-4,11-12H,5H2,1H3. The van der Waals surface area contributed by atoms with Gasteiger partial charge in [-0.1, -0.05) is 23.7 Å². The first-order valence-corrected chi connectivity index (χ1v) is 4.08. The molecule has 12 heavy (non-hydrogen) atoms. The molecular formula is C8H10BClO2. The molecule has 0 spiro atoms. The molecule has 0 unspecified atom stereocenters. The first-order valence-electron chi connectivity index (χ1n) is 3.71. The quantitative estimate of drug-likeness (QED) is 0.678. The molecule has 1 rings (SSSR count). The smallest absolute Gasteiger partial charge is 0.427 e. The summed E-state index contributed by atoms with van der Waals surface area (Å²) in [5.41, 5.74) is 1.83. The minimum Gasteiger partial charge on any atom is -0.427 e. The maximum Gasteiger partial charge on any atom is 0.456 e. The third kappa shape index (κ3) is 2.52. The van der Waals surface area contributed by atoms with Crippen LogP contribution in [0.2, 0.25) is 5.02 Å². The van der Waals surface area contributed by atoms with Crippen LogP contribution in [0.4, 0.5) is 0 Å². The number of rotatable bonds is 2. The minimum atomic E-state index is -1.29. The molecule has 0 saturated heterocycles. The molecule has 0 aromatic heterocycles. The average Bonchev–Trinajstić information content (AvgIpc) is 1.96. The van der Waals surface area contributed by atoms with Crippen molar-refractivity contribution in [1.82, 2.24) is 0 Å². The molecule has 0 saturated carbocycles. The van der Waals surface area contributed by atoms with Crippen LogP contribution >= 0.6 is 11.6 Å². The number of benzene rings is 1. The van der Waals surface area contributed by atoms with Gasteiger partial charge in [0.15, 0.2) is 0 Å². The van der Waals surface area contributed by atoms with Crippen LogP contribution in [0.5, 0.6) is 0 Å². The van der Waals surface area contributed by atoms with Crippen LogP contribution < -0.4 is 0 Å². The Morgan fingerprint density at radius 1 is 1.42 bits per heavy atom. The monoisotopic (exact) mass is 184 g/mol. The summed E-state index contributed by atoms with van der Waals surface area (Å²) >= 11 is 5.79. The topological polar surface area (TPSA) is 40.5 Å². The Morgan fingerprint density at radius 3 is 2.58 bits per heavy atom. The van der Waals surface area contributed by atoms with E-state index < -0.39 is 7.12 Å². The van der Waals surface area contributed by atoms with Gasteiger partial charge >= 0.3 is 7.12 Å². The van der Waals surface area contributed by atoms with Gasteiger partial charge in [0, 0.05) is 11.3 Å². The number of aryl methyl sites for hydroxylation is 1. The van der Waals surface area contributed by atoms with Crippen LogP contribution in [0.25, 0.3) is 0 Å². The van der Waals surface area contributed by atoms with Crippen molar-refractivity contribution in [2.75, 3.05) is 0 Å². The van der Waals surface area contributed by atoms with E-state index in [1.807, 2.05) is 13.0 Å². The van der Waals surface area contributed by atoms with Gasteiger partial charge in [-0.05, 0) is 24.1 Å². The summed E-state index contributed by atoms with van der Waals surface area (Å²) in [7, 11) is -1.29. The lowest BCUT2D eigenvalue weighted by Crippen LogP contribution is -2.15. The molecule has 0 radical (unpaired) electrons. The van der Waals surface area contributed by atoms with Gasteiger partial charge in [0.05, 0.1) is 0 Å². The maximum atomic E-state index is 8.69. The first-order chi connectivity index (χ1) is 5.59. The zero-order valence-electron chi connectivity index (χ0n) is 6.79. The Bertz CT molecular complexity index is 276. The third-order valence-corrected chi connectivity index (χ3v) is 2.06. The van der Waals surface area contributed by atoms with Crippen LogP contribution in [-0.4, -0.2) is 17.2 Å². The summed E-state index contributed by atoms with van der Waals surface area (Å²) in [4.78, 5) is 0. The molecule has 2 N–H and O–H groups in total. The van der Waals surface area contributed by atoms with Crippen molar-refractivity contribution in [3.63, 3.8) is 0 Å². The van der Waals surface area contributed by atoms with E-state index in [1.165, 1.54) is 0 Å². The molecule has 2 nitrogen and oxygen atoms in total. The van der Waals surface area contributed by atoms with Gasteiger partial charge in [-0.3, -0.25) is 0 Å². The van der Waals surface area contributed by atoms with Crippen LogP contribution in [0.1, 0.15) is 11.1 Å². The zero-order valence-corrected chi connectivity index (χ0v) is 7.54. The van der Waals surface area contributed by atoms with Gasteiger partial charge in [-0.15, -0.1) is 0 Å². The van der Waals surface area contributed by atoms with Crippen LogP contribution in [-0.2, 0) is 6.32 Å². The molecule has 64 valence electrons. The Balaban J connectivity index is 2.82. The van der Waals surface area contributed by atoms with Gasteiger partial charge < -0.3 is 10.0 Å². The molecule has 4 heteroatoms. The summed E-state index contributed by atoms with van der Waals surface area (Å²) in [6, 6.07) is 5.39. The first kappa shape index (κ1) is 9.58. The molecule has 0 bridgehead atoms. The Morgan fingerprint density at radius 2 is 2.08 bits per heavy atom. The molecular weight excluding hydrogens is 174 g/mol. The van der Waals surface area contributed by atoms with Crippen molar-refractivity contribution < 1.29 is 10.0 Å². The van der Waals surface area contributed by atoms with E-state index in [2.05, 4.69) is 0 Å². The molecule has 1 aromatic rings. The predicted octanol–water partition coefficient (Wildman–Crippen LogP) is 1.20. The highest BCUT2D eigenvalue weighted by Gasteiger charge is 2.08. The molecule has 0 aliphatic heterocycles. The van der Waals surface area contributed by atoms with E-state index in [1.54, 1.807) is 12.1 Å². The number of halogens is 1. The van der Waals surface area contributed by atoms with Crippen molar-refractivity contribution in [2.24, 2.45) is 0 Å².